The van der Waals surface area contributed by atoms with Crippen molar-refractivity contribution in [1.82, 2.24) is 0 Å². The van der Waals surface area contributed by atoms with Crippen molar-refractivity contribution in [3.63, 3.8) is 0 Å². The van der Waals surface area contributed by atoms with Crippen molar-refractivity contribution in [2.75, 3.05) is 5.32 Å². The molecule has 3 N–H and O–H groups in total. The van der Waals surface area contributed by atoms with Crippen LogP contribution in [0.2, 0.25) is 0 Å². The van der Waals surface area contributed by atoms with E-state index in [2.05, 4.69) is 10.2 Å². The van der Waals surface area contributed by atoms with Gasteiger partial charge in [-0.3, -0.25) is 4.79 Å². The lowest BCUT2D eigenvalue weighted by atomic mass is 10.0. The Morgan fingerprint density at radius 2 is 1.73 bits per heavy atom. The van der Waals surface area contributed by atoms with Crippen LogP contribution in [0.25, 0.3) is 20.9 Å². The minimum absolute atomic E-state index is 0.181. The van der Waals surface area contributed by atoms with Crippen LogP contribution in [0.1, 0.15) is 20.0 Å². The van der Waals surface area contributed by atoms with E-state index in [1.54, 1.807) is 18.2 Å². The summed E-state index contributed by atoms with van der Waals surface area (Å²) in [5, 5.41) is 5.72. The summed E-state index contributed by atoms with van der Waals surface area (Å²) in [4.78, 5) is 29.0. The number of carbonyl (C=O) groups excluding carboxylic acids is 2. The molecule has 3 aromatic carbocycles. The number of rotatable bonds is 3. The van der Waals surface area contributed by atoms with Crippen molar-refractivity contribution in [3.8, 4) is 0 Å². The Balaban J connectivity index is 1.66. The summed E-state index contributed by atoms with van der Waals surface area (Å²) in [6.07, 6.45) is 0. The highest BCUT2D eigenvalue weighted by molar-refractivity contribution is 7.20. The van der Waals surface area contributed by atoms with Crippen molar-refractivity contribution >= 4 is 49.8 Å². The molecule has 1 amide bonds. The van der Waals surface area contributed by atoms with Crippen LogP contribution in [0.15, 0.2) is 66.7 Å². The molecule has 4 aromatic rings. The quantitative estimate of drug-likeness (QED) is 0.531. The molecule has 0 saturated carbocycles. The Kier molecular flexibility index (Phi) is 4.12. The molecular weight excluding hydrogens is 348 g/mol. The monoisotopic (exact) mass is 362 g/mol. The van der Waals surface area contributed by atoms with Gasteiger partial charge in [0, 0.05) is 16.0 Å². The van der Waals surface area contributed by atoms with Crippen molar-refractivity contribution in [2.24, 2.45) is 5.90 Å². The predicted molar refractivity (Wildman–Crippen MR) is 103 cm³/mol. The standard InChI is InChI=1S/C20H14N2O3S/c21-25-20(24)18-10-13-8-9-14(11-17(13)26-18)22-19(23)16-7-3-5-12-4-1-2-6-15(12)16/h1-11H,21H2,(H,22,23). The molecule has 0 radical (unpaired) electrons. The number of thiophene rings is 1. The molecule has 26 heavy (non-hydrogen) atoms. The highest BCUT2D eigenvalue weighted by atomic mass is 32.1. The fraction of sp³-hybridized carbons (Fsp3) is 0. The molecular formula is C20H14N2O3S. The van der Waals surface area contributed by atoms with Gasteiger partial charge >= 0.3 is 5.97 Å². The van der Waals surface area contributed by atoms with E-state index in [1.807, 2.05) is 48.5 Å². The van der Waals surface area contributed by atoms with Gasteiger partial charge in [0.15, 0.2) is 0 Å². The average molecular weight is 362 g/mol. The summed E-state index contributed by atoms with van der Waals surface area (Å²) in [6.45, 7) is 0. The number of benzene rings is 3. The first-order valence-corrected chi connectivity index (χ1v) is 8.71. The van der Waals surface area contributed by atoms with Crippen molar-refractivity contribution in [3.05, 3.63) is 77.2 Å². The number of nitrogens with two attached hydrogens (primary N) is 1. The van der Waals surface area contributed by atoms with Gasteiger partial charge in [-0.05, 0) is 40.4 Å². The maximum absolute atomic E-state index is 12.7. The first-order chi connectivity index (χ1) is 12.7. The van der Waals surface area contributed by atoms with E-state index in [1.165, 1.54) is 11.3 Å². The number of fused-ring (bicyclic) bond motifs is 2. The average Bonchev–Trinajstić information content (AvgIpc) is 3.10. The molecule has 0 saturated heterocycles. The van der Waals surface area contributed by atoms with Crippen molar-refractivity contribution in [2.45, 2.75) is 0 Å². The molecule has 0 spiro atoms. The molecule has 0 atom stereocenters. The van der Waals surface area contributed by atoms with E-state index in [0.717, 1.165) is 20.9 Å². The molecule has 128 valence electrons. The molecule has 0 fully saturated rings. The van der Waals surface area contributed by atoms with Crippen molar-refractivity contribution < 1.29 is 14.4 Å². The molecule has 1 heterocycles. The summed E-state index contributed by atoms with van der Waals surface area (Å²) < 4.78 is 0.862. The van der Waals surface area contributed by atoms with E-state index in [9.17, 15) is 9.59 Å². The number of anilines is 1. The van der Waals surface area contributed by atoms with Crippen LogP contribution < -0.4 is 11.2 Å². The lowest BCUT2D eigenvalue weighted by Gasteiger charge is -2.08. The Bertz CT molecular complexity index is 1140. The molecule has 0 unspecified atom stereocenters. The molecule has 0 aliphatic rings. The zero-order chi connectivity index (χ0) is 18.1. The molecule has 5 nitrogen and oxygen atoms in total. The van der Waals surface area contributed by atoms with Gasteiger partial charge in [0.25, 0.3) is 5.91 Å². The fourth-order valence-corrected chi connectivity index (χ4v) is 3.87. The zero-order valence-corrected chi connectivity index (χ0v) is 14.4. The Hall–Kier alpha value is -3.22. The third-order valence-electron chi connectivity index (χ3n) is 4.12. The summed E-state index contributed by atoms with van der Waals surface area (Å²) in [6, 6.07) is 20.6. The molecule has 0 bridgehead atoms. The number of carbonyl (C=O) groups is 2. The van der Waals surface area contributed by atoms with Crippen LogP contribution in [0.4, 0.5) is 5.69 Å². The lowest BCUT2D eigenvalue weighted by molar-refractivity contribution is 0.0509. The second-order valence-electron chi connectivity index (χ2n) is 5.75. The van der Waals surface area contributed by atoms with Crippen LogP contribution in [-0.4, -0.2) is 11.9 Å². The third-order valence-corrected chi connectivity index (χ3v) is 5.20. The van der Waals surface area contributed by atoms with E-state index in [4.69, 9.17) is 5.90 Å². The lowest BCUT2D eigenvalue weighted by Crippen LogP contribution is -2.12. The number of amides is 1. The molecule has 6 heteroatoms. The van der Waals surface area contributed by atoms with Gasteiger partial charge in [-0.15, -0.1) is 11.3 Å². The maximum Gasteiger partial charge on any atom is 0.366 e. The first-order valence-electron chi connectivity index (χ1n) is 7.89. The second kappa shape index (κ2) is 6.59. The molecule has 0 aliphatic heterocycles. The van der Waals surface area contributed by atoms with Gasteiger partial charge in [-0.25, -0.2) is 4.79 Å². The first kappa shape index (κ1) is 16.3. The van der Waals surface area contributed by atoms with Gasteiger partial charge in [-0.2, -0.15) is 5.90 Å². The topological polar surface area (TPSA) is 81.4 Å². The van der Waals surface area contributed by atoms with Gasteiger partial charge < -0.3 is 10.2 Å². The molecule has 0 aliphatic carbocycles. The number of nitrogens with one attached hydrogen (secondary N) is 1. The highest BCUT2D eigenvalue weighted by Crippen LogP contribution is 2.29. The minimum atomic E-state index is -0.576. The SMILES string of the molecule is NOC(=O)c1cc2ccc(NC(=O)c3cccc4ccccc34)cc2s1. The summed E-state index contributed by atoms with van der Waals surface area (Å²) in [5.74, 6) is 4.17. The normalized spacial score (nSPS) is 10.8. The van der Waals surface area contributed by atoms with Crippen LogP contribution >= 0.6 is 11.3 Å². The van der Waals surface area contributed by atoms with Crippen LogP contribution in [-0.2, 0) is 4.84 Å². The maximum atomic E-state index is 12.7. The predicted octanol–water partition coefficient (Wildman–Crippen LogP) is 4.34. The van der Waals surface area contributed by atoms with E-state index in [-0.39, 0.29) is 5.91 Å². The Morgan fingerprint density at radius 3 is 2.58 bits per heavy atom. The van der Waals surface area contributed by atoms with Crippen LogP contribution in [0, 0.1) is 0 Å². The molecule has 1 aromatic heterocycles. The van der Waals surface area contributed by atoms with Crippen molar-refractivity contribution in [1.29, 1.82) is 0 Å². The van der Waals surface area contributed by atoms with Crippen LogP contribution in [0.5, 0.6) is 0 Å². The summed E-state index contributed by atoms with van der Waals surface area (Å²) in [7, 11) is 0. The largest absolute Gasteiger partial charge is 0.369 e. The third kappa shape index (κ3) is 2.92. The van der Waals surface area contributed by atoms with Gasteiger partial charge in [0.1, 0.15) is 4.88 Å². The minimum Gasteiger partial charge on any atom is -0.369 e. The second-order valence-corrected chi connectivity index (χ2v) is 6.83. The van der Waals surface area contributed by atoms with Gasteiger partial charge in [-0.1, -0.05) is 42.5 Å². The van der Waals surface area contributed by atoms with Gasteiger partial charge in [0.05, 0.1) is 0 Å². The molecule has 4 rings (SSSR count). The number of hydrogen-bond acceptors (Lipinski definition) is 5. The fourth-order valence-electron chi connectivity index (χ4n) is 2.89. The Morgan fingerprint density at radius 1 is 0.923 bits per heavy atom. The summed E-state index contributed by atoms with van der Waals surface area (Å²) in [5.41, 5.74) is 1.27. The van der Waals surface area contributed by atoms with Gasteiger partial charge in [0.2, 0.25) is 0 Å². The summed E-state index contributed by atoms with van der Waals surface area (Å²) >= 11 is 1.26. The Labute approximate surface area is 153 Å². The van der Waals surface area contributed by atoms with E-state index in [0.29, 0.717) is 16.1 Å². The van der Waals surface area contributed by atoms with E-state index < -0.39 is 5.97 Å². The highest BCUT2D eigenvalue weighted by Gasteiger charge is 2.13. The zero-order valence-electron chi connectivity index (χ0n) is 13.6. The van der Waals surface area contributed by atoms with E-state index >= 15 is 0 Å². The smallest absolute Gasteiger partial charge is 0.366 e. The number of hydrogen-bond donors (Lipinski definition) is 2. The van der Waals surface area contributed by atoms with Crippen LogP contribution in [0.3, 0.4) is 0 Å².